The predicted molar refractivity (Wildman–Crippen MR) is 204 cm³/mol. The van der Waals surface area contributed by atoms with Gasteiger partial charge in [-0.3, -0.25) is 10.1 Å². The fraction of sp³-hybridized carbons (Fsp3) is 0.250. The summed E-state index contributed by atoms with van der Waals surface area (Å²) in [5.41, 5.74) is 4.66. The van der Waals surface area contributed by atoms with Gasteiger partial charge in [0.25, 0.3) is 5.91 Å². The second-order valence-electron chi connectivity index (χ2n) is 13.1. The van der Waals surface area contributed by atoms with E-state index in [9.17, 15) is 14.7 Å². The molecule has 0 radical (unpaired) electrons. The van der Waals surface area contributed by atoms with E-state index in [4.69, 9.17) is 9.84 Å². The molecule has 4 N–H and O–H groups in total. The molecule has 1 atom stereocenters. The van der Waals surface area contributed by atoms with E-state index in [1.54, 1.807) is 15.8 Å². The lowest BCUT2D eigenvalue weighted by atomic mass is 10.1. The van der Waals surface area contributed by atoms with Gasteiger partial charge in [0.05, 0.1) is 35.6 Å². The fourth-order valence-electron chi connectivity index (χ4n) is 6.17. The van der Waals surface area contributed by atoms with Gasteiger partial charge in [-0.05, 0) is 68.1 Å². The average molecular weight is 712 g/mol. The van der Waals surface area contributed by atoms with Crippen LogP contribution in [0.1, 0.15) is 53.5 Å². The Bertz CT molecular complexity index is 2220. The van der Waals surface area contributed by atoms with E-state index >= 15 is 0 Å². The van der Waals surface area contributed by atoms with Crippen molar-refractivity contribution in [3.63, 3.8) is 0 Å². The highest BCUT2D eigenvalue weighted by Crippen LogP contribution is 2.32. The van der Waals surface area contributed by atoms with E-state index in [2.05, 4.69) is 37.8 Å². The van der Waals surface area contributed by atoms with Gasteiger partial charge >= 0.3 is 6.03 Å². The van der Waals surface area contributed by atoms with Gasteiger partial charge in [-0.25, -0.2) is 24.4 Å². The fourth-order valence-corrected chi connectivity index (χ4v) is 6.17. The summed E-state index contributed by atoms with van der Waals surface area (Å²) in [6.07, 6.45) is 7.52. The van der Waals surface area contributed by atoms with Crippen LogP contribution in [0.5, 0.6) is 5.75 Å². The molecule has 0 spiro atoms. The number of aromatic nitrogens is 5. The number of pyridine rings is 1. The van der Waals surface area contributed by atoms with Crippen LogP contribution in [0.25, 0.3) is 16.5 Å². The highest BCUT2D eigenvalue weighted by Gasteiger charge is 2.26. The van der Waals surface area contributed by atoms with Crippen molar-refractivity contribution < 1.29 is 19.4 Å². The minimum absolute atomic E-state index is 0.218. The molecule has 13 heteroatoms. The van der Waals surface area contributed by atoms with Crippen LogP contribution < -0.4 is 20.7 Å². The van der Waals surface area contributed by atoms with Crippen LogP contribution in [0.3, 0.4) is 0 Å². The maximum absolute atomic E-state index is 13.4. The minimum atomic E-state index is -0.500. The Kier molecular flexibility index (Phi) is 10.5. The predicted octanol–water partition coefficient (Wildman–Crippen LogP) is 7.03. The van der Waals surface area contributed by atoms with Crippen LogP contribution in [0.15, 0.2) is 97.5 Å². The lowest BCUT2D eigenvalue weighted by Crippen LogP contribution is -2.30. The number of nitrogens with one attached hydrogen (secondary N) is 3. The SMILES string of the molecule is CCCCc1cc(NC(=O)Nc2ccc(OCc3ccnc(Nc4cnc(C(=O)N5CCC(O)C5)cn4)c3)c3ccccc23)n(-c2ccc(C)cc2)n1. The number of fused-ring (bicyclic) bond motifs is 1. The van der Waals surface area contributed by atoms with Crippen LogP contribution in [0.4, 0.5) is 27.9 Å². The summed E-state index contributed by atoms with van der Waals surface area (Å²) >= 11 is 0. The first-order valence-corrected chi connectivity index (χ1v) is 17.7. The van der Waals surface area contributed by atoms with E-state index in [0.717, 1.165) is 52.5 Å². The largest absolute Gasteiger partial charge is 0.488 e. The van der Waals surface area contributed by atoms with Gasteiger partial charge in [0, 0.05) is 36.1 Å². The third kappa shape index (κ3) is 8.42. The quantitative estimate of drug-likeness (QED) is 0.105. The average Bonchev–Trinajstić information content (AvgIpc) is 3.79. The van der Waals surface area contributed by atoms with Crippen molar-refractivity contribution in [3.05, 3.63) is 120 Å². The molecule has 0 saturated carbocycles. The molecule has 3 amide bonds. The standard InChI is InChI=1S/C40H41N9O4/c1-3-4-7-28-21-38(49(47-28)29-12-10-26(2)11-13-29)46-40(52)44-33-14-15-35(32-9-6-5-8-31(32)33)53-25-27-16-18-41-36(20-27)45-37-23-42-34(22-43-37)39(51)48-19-17-30(50)24-48/h5-6,8-16,18,20-23,30,50H,3-4,7,17,19,24-25H2,1-2H3,(H,41,43,45)(H2,44,46,52). The smallest absolute Gasteiger partial charge is 0.324 e. The van der Waals surface area contributed by atoms with E-state index in [0.29, 0.717) is 48.4 Å². The van der Waals surface area contributed by atoms with Crippen molar-refractivity contribution in [2.24, 2.45) is 0 Å². The van der Waals surface area contributed by atoms with Crippen molar-refractivity contribution in [2.75, 3.05) is 29.0 Å². The zero-order chi connectivity index (χ0) is 36.7. The summed E-state index contributed by atoms with van der Waals surface area (Å²) in [4.78, 5) is 40.6. The number of unbranched alkanes of at least 4 members (excludes halogenated alkanes) is 1. The number of rotatable bonds is 12. The molecular weight excluding hydrogens is 670 g/mol. The summed E-state index contributed by atoms with van der Waals surface area (Å²) in [5, 5.41) is 25.4. The van der Waals surface area contributed by atoms with Crippen molar-refractivity contribution in [3.8, 4) is 11.4 Å². The third-order valence-corrected chi connectivity index (χ3v) is 9.00. The second-order valence-corrected chi connectivity index (χ2v) is 13.1. The molecule has 1 fully saturated rings. The third-order valence-electron chi connectivity index (χ3n) is 9.00. The first kappa shape index (κ1) is 35.1. The molecule has 3 aromatic carbocycles. The molecule has 4 heterocycles. The molecule has 270 valence electrons. The van der Waals surface area contributed by atoms with Gasteiger partial charge in [-0.15, -0.1) is 0 Å². The number of urea groups is 1. The Balaban J connectivity index is 1.01. The number of anilines is 4. The number of aliphatic hydroxyl groups is 1. The van der Waals surface area contributed by atoms with Gasteiger partial charge in [0.2, 0.25) is 0 Å². The molecule has 53 heavy (non-hydrogen) atoms. The van der Waals surface area contributed by atoms with Crippen LogP contribution in [0.2, 0.25) is 0 Å². The number of amides is 3. The molecule has 1 saturated heterocycles. The lowest BCUT2D eigenvalue weighted by molar-refractivity contribution is 0.0759. The Labute approximate surface area is 307 Å². The van der Waals surface area contributed by atoms with Gasteiger partial charge in [-0.2, -0.15) is 5.10 Å². The first-order chi connectivity index (χ1) is 25.8. The Morgan fingerprint density at radius 1 is 0.925 bits per heavy atom. The van der Waals surface area contributed by atoms with Crippen molar-refractivity contribution in [1.29, 1.82) is 0 Å². The first-order valence-electron chi connectivity index (χ1n) is 17.7. The number of nitrogens with zero attached hydrogens (tertiary/aromatic N) is 6. The van der Waals surface area contributed by atoms with Crippen LogP contribution in [0, 0.1) is 6.92 Å². The van der Waals surface area contributed by atoms with E-state index < -0.39 is 6.10 Å². The van der Waals surface area contributed by atoms with Crippen LogP contribution in [-0.4, -0.2) is 65.9 Å². The second kappa shape index (κ2) is 15.9. The number of ether oxygens (including phenoxy) is 1. The maximum atomic E-state index is 13.4. The van der Waals surface area contributed by atoms with Crippen molar-refractivity contribution in [1.82, 2.24) is 29.6 Å². The van der Waals surface area contributed by atoms with Crippen molar-refractivity contribution >= 4 is 45.9 Å². The Morgan fingerprint density at radius 3 is 2.51 bits per heavy atom. The number of hydrogen-bond acceptors (Lipinski definition) is 9. The molecule has 3 aromatic heterocycles. The Hall–Kier alpha value is -6.34. The summed E-state index contributed by atoms with van der Waals surface area (Å²) < 4.78 is 8.06. The zero-order valence-electron chi connectivity index (χ0n) is 29.6. The van der Waals surface area contributed by atoms with E-state index in [1.165, 1.54) is 12.4 Å². The van der Waals surface area contributed by atoms with E-state index in [1.807, 2.05) is 85.8 Å². The summed E-state index contributed by atoms with van der Waals surface area (Å²) in [6.45, 7) is 5.24. The molecule has 7 rings (SSSR count). The molecule has 6 aromatic rings. The van der Waals surface area contributed by atoms with Gasteiger partial charge in [-0.1, -0.05) is 55.3 Å². The number of hydrogen-bond donors (Lipinski definition) is 4. The number of carbonyl (C=O) groups is 2. The highest BCUT2D eigenvalue weighted by molar-refractivity contribution is 6.07. The molecule has 1 aliphatic heterocycles. The number of likely N-dealkylation sites (tertiary alicyclic amines) is 1. The minimum Gasteiger partial charge on any atom is -0.488 e. The molecular formula is C40H41N9O4. The zero-order valence-corrected chi connectivity index (χ0v) is 29.6. The van der Waals surface area contributed by atoms with Gasteiger partial charge in [0.15, 0.2) is 0 Å². The molecule has 0 aliphatic carbocycles. The van der Waals surface area contributed by atoms with Crippen LogP contribution >= 0.6 is 0 Å². The molecule has 1 unspecified atom stereocenters. The summed E-state index contributed by atoms with van der Waals surface area (Å²) in [7, 11) is 0. The number of carbonyl (C=O) groups excluding carboxylic acids is 2. The monoisotopic (exact) mass is 711 g/mol. The maximum Gasteiger partial charge on any atom is 0.324 e. The topological polar surface area (TPSA) is 159 Å². The highest BCUT2D eigenvalue weighted by atomic mass is 16.5. The molecule has 1 aliphatic rings. The van der Waals surface area contributed by atoms with Gasteiger partial charge in [0.1, 0.15) is 35.5 Å². The van der Waals surface area contributed by atoms with E-state index in [-0.39, 0.29) is 24.2 Å². The van der Waals surface area contributed by atoms with Crippen LogP contribution in [-0.2, 0) is 13.0 Å². The van der Waals surface area contributed by atoms with Gasteiger partial charge < -0.3 is 25.4 Å². The summed E-state index contributed by atoms with van der Waals surface area (Å²) in [6, 6.07) is 24.7. The van der Waals surface area contributed by atoms with Crippen molar-refractivity contribution in [2.45, 2.75) is 52.2 Å². The number of aryl methyl sites for hydroxylation is 2. The number of β-amino-alcohol motifs (C(OH)–C–C–N with tert-alkyl or cyclic N) is 1. The number of aliphatic hydroxyl groups excluding tert-OH is 1. The molecule has 13 nitrogen and oxygen atoms in total. The Morgan fingerprint density at radius 2 is 1.75 bits per heavy atom. The molecule has 0 bridgehead atoms. The number of benzene rings is 3. The lowest BCUT2D eigenvalue weighted by Gasteiger charge is -2.15. The normalized spacial score (nSPS) is 13.9. The summed E-state index contributed by atoms with van der Waals surface area (Å²) in [5.74, 6) is 1.97.